The van der Waals surface area contributed by atoms with Crippen LogP contribution in [-0.2, 0) is 6.42 Å². The van der Waals surface area contributed by atoms with Crippen LogP contribution in [0.15, 0.2) is 85.1 Å². The summed E-state index contributed by atoms with van der Waals surface area (Å²) in [4.78, 5) is 21.4. The third kappa shape index (κ3) is 4.85. The molecular formula is C25H20N6O2. The minimum absolute atomic E-state index is 0.218. The maximum Gasteiger partial charge on any atom is 0.255 e. The Kier molecular flexibility index (Phi) is 5.71. The molecule has 0 bridgehead atoms. The number of H-pyrrole nitrogens is 1. The summed E-state index contributed by atoms with van der Waals surface area (Å²) in [5, 5.41) is 13.3. The van der Waals surface area contributed by atoms with Gasteiger partial charge in [0.25, 0.3) is 5.91 Å². The van der Waals surface area contributed by atoms with Crippen LogP contribution < -0.4 is 10.1 Å². The third-order valence-electron chi connectivity index (χ3n) is 5.08. The summed E-state index contributed by atoms with van der Waals surface area (Å²) >= 11 is 0. The summed E-state index contributed by atoms with van der Waals surface area (Å²) in [6.45, 7) is 0.589. The van der Waals surface area contributed by atoms with Gasteiger partial charge in [-0.2, -0.15) is 5.21 Å². The van der Waals surface area contributed by atoms with Gasteiger partial charge >= 0.3 is 0 Å². The van der Waals surface area contributed by atoms with E-state index in [4.69, 9.17) is 4.74 Å². The summed E-state index contributed by atoms with van der Waals surface area (Å²) in [6.07, 6.45) is 2.45. The van der Waals surface area contributed by atoms with Crippen LogP contribution >= 0.6 is 0 Å². The quantitative estimate of drug-likeness (QED) is 0.394. The second-order valence-electron chi connectivity index (χ2n) is 7.37. The standard InChI is InChI=1S/C25H20N6O2/c32-25(19-8-4-7-18(15-19)22-16-26-23-24(28-22)30-31-29-23)27-20-9-11-21(12-10-20)33-14-13-17-5-2-1-3-6-17/h1-12,15-16H,13-14H2,(H,27,32)(H,26,28,29,30,31). The smallest absolute Gasteiger partial charge is 0.255 e. The van der Waals surface area contributed by atoms with Crippen molar-refractivity contribution >= 4 is 22.9 Å². The lowest BCUT2D eigenvalue weighted by Gasteiger charge is -2.09. The van der Waals surface area contributed by atoms with Crippen LogP contribution in [0, 0.1) is 0 Å². The van der Waals surface area contributed by atoms with Crippen molar-refractivity contribution in [3.8, 4) is 17.0 Å². The maximum atomic E-state index is 12.8. The Balaban J connectivity index is 1.21. The van der Waals surface area contributed by atoms with Crippen molar-refractivity contribution in [3.63, 3.8) is 0 Å². The summed E-state index contributed by atoms with van der Waals surface area (Å²) in [7, 11) is 0. The maximum absolute atomic E-state index is 12.8. The van der Waals surface area contributed by atoms with Gasteiger partial charge in [0.2, 0.25) is 11.3 Å². The monoisotopic (exact) mass is 436 g/mol. The topological polar surface area (TPSA) is 106 Å². The molecule has 0 fully saturated rings. The molecule has 8 heteroatoms. The van der Waals surface area contributed by atoms with Gasteiger partial charge in [0.05, 0.1) is 18.5 Å². The van der Waals surface area contributed by atoms with Crippen molar-refractivity contribution < 1.29 is 9.53 Å². The van der Waals surface area contributed by atoms with Gasteiger partial charge in [0.1, 0.15) is 5.75 Å². The Morgan fingerprint density at radius 3 is 2.58 bits per heavy atom. The van der Waals surface area contributed by atoms with Gasteiger partial charge < -0.3 is 10.1 Å². The third-order valence-corrected chi connectivity index (χ3v) is 5.08. The molecule has 2 aromatic heterocycles. The molecule has 0 saturated heterocycles. The molecule has 5 aromatic rings. The number of carbonyl (C=O) groups is 1. The molecule has 0 unspecified atom stereocenters. The van der Waals surface area contributed by atoms with E-state index in [-0.39, 0.29) is 5.91 Å². The number of nitrogens with zero attached hydrogens (tertiary/aromatic N) is 4. The van der Waals surface area contributed by atoms with Crippen molar-refractivity contribution in [2.75, 3.05) is 11.9 Å². The number of carbonyl (C=O) groups excluding carboxylic acids is 1. The first-order chi connectivity index (χ1) is 16.2. The van der Waals surface area contributed by atoms with Crippen molar-refractivity contribution in [3.05, 3.63) is 96.2 Å². The highest BCUT2D eigenvalue weighted by Crippen LogP contribution is 2.21. The molecule has 0 aliphatic carbocycles. The van der Waals surface area contributed by atoms with Crippen LogP contribution in [0.4, 0.5) is 5.69 Å². The molecule has 3 aromatic carbocycles. The predicted octanol–water partition coefficient (Wildman–Crippen LogP) is 4.29. The number of aromatic nitrogens is 5. The zero-order valence-electron chi connectivity index (χ0n) is 17.6. The van der Waals surface area contributed by atoms with Crippen LogP contribution in [0.3, 0.4) is 0 Å². The molecule has 0 spiro atoms. The molecule has 8 nitrogen and oxygen atoms in total. The SMILES string of the molecule is O=C(Nc1ccc(OCCc2ccccc2)cc1)c1cccc(-c2cnc3n[nH]nc3n2)c1. The molecule has 2 heterocycles. The summed E-state index contributed by atoms with van der Waals surface area (Å²) in [6, 6.07) is 24.7. The molecule has 1 amide bonds. The molecule has 5 rings (SSSR count). The molecule has 162 valence electrons. The highest BCUT2D eigenvalue weighted by atomic mass is 16.5. The van der Waals surface area contributed by atoms with Gasteiger partial charge in [-0.05, 0) is 42.0 Å². The van der Waals surface area contributed by atoms with Gasteiger partial charge in [-0.25, -0.2) is 9.97 Å². The van der Waals surface area contributed by atoms with Crippen molar-refractivity contribution in [2.24, 2.45) is 0 Å². The van der Waals surface area contributed by atoms with E-state index < -0.39 is 0 Å². The zero-order chi connectivity index (χ0) is 22.5. The van der Waals surface area contributed by atoms with Crippen molar-refractivity contribution in [2.45, 2.75) is 6.42 Å². The lowest BCUT2D eigenvalue weighted by atomic mass is 10.1. The molecule has 33 heavy (non-hydrogen) atoms. The number of anilines is 1. The first kappa shape index (κ1) is 20.3. The van der Waals surface area contributed by atoms with E-state index >= 15 is 0 Å². The average Bonchev–Trinajstić information content (AvgIpc) is 3.34. The van der Waals surface area contributed by atoms with Crippen LogP contribution in [0.5, 0.6) is 5.75 Å². The Morgan fingerprint density at radius 2 is 1.73 bits per heavy atom. The van der Waals surface area contributed by atoms with E-state index in [9.17, 15) is 4.79 Å². The first-order valence-electron chi connectivity index (χ1n) is 10.5. The van der Waals surface area contributed by atoms with Gasteiger partial charge in [0, 0.05) is 23.2 Å². The van der Waals surface area contributed by atoms with Crippen LogP contribution in [0.1, 0.15) is 15.9 Å². The van der Waals surface area contributed by atoms with Crippen LogP contribution in [0.25, 0.3) is 22.6 Å². The molecule has 0 radical (unpaired) electrons. The second kappa shape index (κ2) is 9.27. The fraction of sp³-hybridized carbons (Fsp3) is 0.0800. The number of hydrogen-bond donors (Lipinski definition) is 2. The second-order valence-corrected chi connectivity index (χ2v) is 7.37. The number of benzene rings is 3. The minimum atomic E-state index is -0.218. The lowest BCUT2D eigenvalue weighted by Crippen LogP contribution is -2.12. The van der Waals surface area contributed by atoms with E-state index in [0.717, 1.165) is 17.7 Å². The molecule has 0 atom stereocenters. The van der Waals surface area contributed by atoms with Crippen LogP contribution in [-0.4, -0.2) is 37.9 Å². The minimum Gasteiger partial charge on any atom is -0.493 e. The fourth-order valence-electron chi connectivity index (χ4n) is 3.37. The molecule has 0 aliphatic heterocycles. The predicted molar refractivity (Wildman–Crippen MR) is 125 cm³/mol. The average molecular weight is 436 g/mol. The van der Waals surface area contributed by atoms with Crippen molar-refractivity contribution in [1.29, 1.82) is 0 Å². The molecule has 0 saturated carbocycles. The van der Waals surface area contributed by atoms with E-state index in [0.29, 0.717) is 34.8 Å². The number of aromatic amines is 1. The normalized spacial score (nSPS) is 10.8. The van der Waals surface area contributed by atoms with Gasteiger partial charge in [-0.15, -0.1) is 10.2 Å². The summed E-state index contributed by atoms with van der Waals surface area (Å²) in [5.74, 6) is 0.540. The summed E-state index contributed by atoms with van der Waals surface area (Å²) < 4.78 is 5.81. The highest BCUT2D eigenvalue weighted by Gasteiger charge is 2.10. The zero-order valence-corrected chi connectivity index (χ0v) is 17.6. The van der Waals surface area contributed by atoms with E-state index in [2.05, 4.69) is 42.8 Å². The van der Waals surface area contributed by atoms with Gasteiger partial charge in [-0.1, -0.05) is 42.5 Å². The first-order valence-corrected chi connectivity index (χ1v) is 10.5. The Bertz CT molecular complexity index is 1380. The molecular weight excluding hydrogens is 416 g/mol. The van der Waals surface area contributed by atoms with Crippen LogP contribution in [0.2, 0.25) is 0 Å². The molecule has 2 N–H and O–H groups in total. The van der Waals surface area contributed by atoms with Crippen molar-refractivity contribution in [1.82, 2.24) is 25.4 Å². The number of rotatable bonds is 7. The Hall–Kier alpha value is -4.59. The fourth-order valence-corrected chi connectivity index (χ4v) is 3.37. The number of fused-ring (bicyclic) bond motifs is 1. The Morgan fingerprint density at radius 1 is 0.909 bits per heavy atom. The van der Waals surface area contributed by atoms with Gasteiger partial charge in [0.15, 0.2) is 0 Å². The van der Waals surface area contributed by atoms with E-state index in [1.807, 2.05) is 54.6 Å². The highest BCUT2D eigenvalue weighted by molar-refractivity contribution is 6.04. The summed E-state index contributed by atoms with van der Waals surface area (Å²) in [5.41, 5.74) is 4.68. The number of nitrogens with one attached hydrogen (secondary N) is 2. The largest absolute Gasteiger partial charge is 0.493 e. The number of hydrogen-bond acceptors (Lipinski definition) is 6. The van der Waals surface area contributed by atoms with E-state index in [1.54, 1.807) is 18.3 Å². The Labute approximate surface area is 189 Å². The molecule has 0 aliphatic rings. The van der Waals surface area contributed by atoms with E-state index in [1.165, 1.54) is 5.56 Å². The van der Waals surface area contributed by atoms with Gasteiger partial charge in [-0.3, -0.25) is 4.79 Å². The lowest BCUT2D eigenvalue weighted by molar-refractivity contribution is 0.102. The number of ether oxygens (including phenoxy) is 1. The number of amides is 1.